The smallest absolute Gasteiger partial charge is 0.230 e. The van der Waals surface area contributed by atoms with Crippen LogP contribution in [0.1, 0.15) is 48.5 Å². The monoisotopic (exact) mass is 272 g/mol. The lowest BCUT2D eigenvalue weighted by atomic mass is 10.3. The summed E-state index contributed by atoms with van der Waals surface area (Å²) in [5, 5.41) is 0. The van der Waals surface area contributed by atoms with Gasteiger partial charge in [0.2, 0.25) is 6.79 Å². The molecule has 19 heavy (non-hydrogen) atoms. The van der Waals surface area contributed by atoms with Crippen LogP contribution in [0.2, 0.25) is 0 Å². The Morgan fingerprint density at radius 1 is 0.632 bits per heavy atom. The molecule has 0 bridgehead atoms. The van der Waals surface area contributed by atoms with Crippen LogP contribution in [0, 0.1) is 5.92 Å². The van der Waals surface area contributed by atoms with Crippen molar-refractivity contribution in [1.29, 1.82) is 0 Å². The van der Waals surface area contributed by atoms with E-state index in [0.717, 1.165) is 29.0 Å². The van der Waals surface area contributed by atoms with Crippen molar-refractivity contribution < 1.29 is 18.9 Å². The summed E-state index contributed by atoms with van der Waals surface area (Å²) in [6, 6.07) is 0. The van der Waals surface area contributed by atoms with Crippen molar-refractivity contribution in [2.24, 2.45) is 5.92 Å². The van der Waals surface area contributed by atoms with Crippen LogP contribution in [0.15, 0.2) is 23.0 Å². The lowest BCUT2D eigenvalue weighted by molar-refractivity contribution is 0.0648. The van der Waals surface area contributed by atoms with Gasteiger partial charge in [-0.25, -0.2) is 0 Å². The van der Waals surface area contributed by atoms with E-state index in [0.29, 0.717) is 20.0 Å². The minimum Gasteiger partial charge on any atom is -0.491 e. The van der Waals surface area contributed by atoms with E-state index >= 15 is 0 Å². The lowest BCUT2D eigenvalue weighted by Crippen LogP contribution is -2.10. The van der Waals surface area contributed by atoms with E-state index in [1.807, 2.05) is 27.7 Å². The Hall–Kier alpha value is -1.32. The average molecular weight is 272 g/mol. The Balaban J connectivity index is 0.000000272. The molecular weight excluding hydrogens is 244 g/mol. The standard InChI is InChI=1S/C6H10O2.C5H8O2.C4H10/c1-5-6(2)8-4-3-7-5;1-4-5(2)7-3-6-4;1-4(2)3/h3-4H2,1-2H3;3H2,1-2H3;4H,1-3H3. The maximum absolute atomic E-state index is 5.14. The van der Waals surface area contributed by atoms with Crippen molar-refractivity contribution in [3.05, 3.63) is 23.0 Å². The zero-order valence-corrected chi connectivity index (χ0v) is 13.3. The Morgan fingerprint density at radius 3 is 1.05 bits per heavy atom. The molecule has 0 spiro atoms. The molecule has 2 aliphatic rings. The molecule has 112 valence electrons. The Labute approximate surface area is 117 Å². The number of hydrogen-bond donors (Lipinski definition) is 0. The Morgan fingerprint density at radius 2 is 0.895 bits per heavy atom. The van der Waals surface area contributed by atoms with Gasteiger partial charge in [0.1, 0.15) is 36.3 Å². The van der Waals surface area contributed by atoms with Crippen LogP contribution in [0.4, 0.5) is 0 Å². The predicted molar refractivity (Wildman–Crippen MR) is 76.2 cm³/mol. The molecule has 0 unspecified atom stereocenters. The summed E-state index contributed by atoms with van der Waals surface area (Å²) < 4.78 is 20.1. The SMILES string of the molecule is CC(C)C.CC1=C(C)OCCO1.CC1=C(C)OCO1. The highest BCUT2D eigenvalue weighted by Crippen LogP contribution is 2.13. The summed E-state index contributed by atoms with van der Waals surface area (Å²) in [6.45, 7) is 15.9. The topological polar surface area (TPSA) is 36.9 Å². The van der Waals surface area contributed by atoms with Gasteiger partial charge in [0, 0.05) is 0 Å². The quantitative estimate of drug-likeness (QED) is 0.662. The van der Waals surface area contributed by atoms with Gasteiger partial charge in [0.15, 0.2) is 0 Å². The molecule has 0 saturated carbocycles. The fourth-order valence-corrected chi connectivity index (χ4v) is 1.00. The highest BCUT2D eigenvalue weighted by atomic mass is 16.7. The molecule has 2 aliphatic heterocycles. The van der Waals surface area contributed by atoms with Crippen molar-refractivity contribution in [3.8, 4) is 0 Å². The van der Waals surface area contributed by atoms with Gasteiger partial charge in [-0.1, -0.05) is 20.8 Å². The van der Waals surface area contributed by atoms with Crippen molar-refractivity contribution in [3.63, 3.8) is 0 Å². The molecule has 0 amide bonds. The van der Waals surface area contributed by atoms with Crippen LogP contribution in [-0.2, 0) is 18.9 Å². The first-order valence-corrected chi connectivity index (χ1v) is 6.70. The number of hydrogen-bond acceptors (Lipinski definition) is 4. The Bertz CT molecular complexity index is 287. The summed E-state index contributed by atoms with van der Waals surface area (Å²) in [6.07, 6.45) is 0. The molecule has 2 heterocycles. The average Bonchev–Trinajstić information content (AvgIpc) is 2.68. The molecule has 2 rings (SSSR count). The zero-order chi connectivity index (χ0) is 14.8. The van der Waals surface area contributed by atoms with E-state index in [9.17, 15) is 0 Å². The summed E-state index contributed by atoms with van der Waals surface area (Å²) in [7, 11) is 0. The number of ether oxygens (including phenoxy) is 4. The first-order chi connectivity index (χ1) is 8.84. The number of rotatable bonds is 0. The van der Waals surface area contributed by atoms with Gasteiger partial charge in [0.05, 0.1) is 0 Å². The normalized spacial score (nSPS) is 17.3. The van der Waals surface area contributed by atoms with Crippen molar-refractivity contribution in [1.82, 2.24) is 0 Å². The molecule has 0 saturated heterocycles. The van der Waals surface area contributed by atoms with Gasteiger partial charge in [-0.05, 0) is 33.6 Å². The van der Waals surface area contributed by atoms with Crippen LogP contribution in [0.25, 0.3) is 0 Å². The van der Waals surface area contributed by atoms with E-state index in [-0.39, 0.29) is 0 Å². The maximum Gasteiger partial charge on any atom is 0.230 e. The van der Waals surface area contributed by atoms with Gasteiger partial charge in [0.25, 0.3) is 0 Å². The minimum atomic E-state index is 0.400. The summed E-state index contributed by atoms with van der Waals surface area (Å²) in [5.74, 6) is 4.47. The van der Waals surface area contributed by atoms with E-state index in [2.05, 4.69) is 20.8 Å². The summed E-state index contributed by atoms with van der Waals surface area (Å²) in [4.78, 5) is 0. The van der Waals surface area contributed by atoms with Gasteiger partial charge >= 0.3 is 0 Å². The van der Waals surface area contributed by atoms with Crippen LogP contribution in [0.5, 0.6) is 0 Å². The van der Waals surface area contributed by atoms with E-state index in [1.54, 1.807) is 0 Å². The second kappa shape index (κ2) is 9.59. The Kier molecular flexibility index (Phi) is 8.92. The first-order valence-electron chi connectivity index (χ1n) is 6.70. The summed E-state index contributed by atoms with van der Waals surface area (Å²) >= 11 is 0. The first kappa shape index (κ1) is 17.7. The summed E-state index contributed by atoms with van der Waals surface area (Å²) in [5.41, 5.74) is 0. The van der Waals surface area contributed by atoms with Crippen molar-refractivity contribution in [2.45, 2.75) is 48.5 Å². The predicted octanol–water partition coefficient (Wildman–Crippen LogP) is 4.19. The molecule has 0 aromatic rings. The second-order valence-corrected chi connectivity index (χ2v) is 5.06. The third-order valence-corrected chi connectivity index (χ3v) is 2.26. The second-order valence-electron chi connectivity index (χ2n) is 5.06. The van der Waals surface area contributed by atoms with Crippen LogP contribution in [0.3, 0.4) is 0 Å². The maximum atomic E-state index is 5.14. The lowest BCUT2D eigenvalue weighted by Gasteiger charge is -2.16. The van der Waals surface area contributed by atoms with E-state index in [1.165, 1.54) is 0 Å². The molecule has 0 aromatic carbocycles. The van der Waals surface area contributed by atoms with Crippen molar-refractivity contribution >= 4 is 0 Å². The molecule has 0 aromatic heterocycles. The molecule has 0 atom stereocenters. The van der Waals surface area contributed by atoms with E-state index < -0.39 is 0 Å². The highest BCUT2D eigenvalue weighted by molar-refractivity contribution is 4.97. The van der Waals surface area contributed by atoms with Crippen molar-refractivity contribution in [2.75, 3.05) is 20.0 Å². The van der Waals surface area contributed by atoms with Gasteiger partial charge in [-0.3, -0.25) is 0 Å². The largest absolute Gasteiger partial charge is 0.491 e. The molecule has 0 fully saturated rings. The molecule has 0 radical (unpaired) electrons. The highest BCUT2D eigenvalue weighted by Gasteiger charge is 2.05. The minimum absolute atomic E-state index is 0.400. The molecule has 0 N–H and O–H groups in total. The van der Waals surface area contributed by atoms with Gasteiger partial charge in [-0.2, -0.15) is 0 Å². The zero-order valence-electron chi connectivity index (χ0n) is 13.3. The molecule has 0 aliphatic carbocycles. The van der Waals surface area contributed by atoms with E-state index in [4.69, 9.17) is 18.9 Å². The fraction of sp³-hybridized carbons (Fsp3) is 0.733. The molecule has 4 heteroatoms. The fourth-order valence-electron chi connectivity index (χ4n) is 1.00. The van der Waals surface area contributed by atoms with Crippen LogP contribution >= 0.6 is 0 Å². The van der Waals surface area contributed by atoms with Gasteiger partial charge in [-0.15, -0.1) is 0 Å². The van der Waals surface area contributed by atoms with Crippen LogP contribution in [-0.4, -0.2) is 20.0 Å². The third-order valence-electron chi connectivity index (χ3n) is 2.26. The van der Waals surface area contributed by atoms with Gasteiger partial charge < -0.3 is 18.9 Å². The molecule has 4 nitrogen and oxygen atoms in total. The van der Waals surface area contributed by atoms with Crippen LogP contribution < -0.4 is 0 Å². The third kappa shape index (κ3) is 9.28. The number of allylic oxidation sites excluding steroid dienone is 4. The molecular formula is C15H28O4.